The molecule has 0 saturated heterocycles. The van der Waals surface area contributed by atoms with Crippen LogP contribution in [0.3, 0.4) is 0 Å². The van der Waals surface area contributed by atoms with Gasteiger partial charge in [-0.2, -0.15) is 0 Å². The van der Waals surface area contributed by atoms with Crippen molar-refractivity contribution in [1.82, 2.24) is 10.2 Å². The summed E-state index contributed by atoms with van der Waals surface area (Å²) in [5.74, 6) is 0.768. The molecule has 1 atom stereocenters. The normalized spacial score (nSPS) is 12.1. The standard InChI is InChI=1S/C15H20N4O2/c1-10(8-16)3-6-14(20)18-13-7-12(5-4-11(13)2)15-19-17-9-21-15/h4-5,7,9-10H,3,6,8,16H2,1-2H3,(H,18,20). The first-order valence-electron chi connectivity index (χ1n) is 6.97. The Balaban J connectivity index is 2.05. The van der Waals surface area contributed by atoms with E-state index in [1.165, 1.54) is 6.39 Å². The van der Waals surface area contributed by atoms with E-state index in [1.807, 2.05) is 32.0 Å². The monoisotopic (exact) mass is 288 g/mol. The molecule has 6 heteroatoms. The highest BCUT2D eigenvalue weighted by Gasteiger charge is 2.10. The van der Waals surface area contributed by atoms with Crippen LogP contribution in [0.4, 0.5) is 5.69 Å². The Morgan fingerprint density at radius 2 is 2.29 bits per heavy atom. The molecule has 1 aromatic carbocycles. The summed E-state index contributed by atoms with van der Waals surface area (Å²) in [6, 6.07) is 5.64. The van der Waals surface area contributed by atoms with Gasteiger partial charge in [0, 0.05) is 17.7 Å². The van der Waals surface area contributed by atoms with Gasteiger partial charge in [0.25, 0.3) is 0 Å². The van der Waals surface area contributed by atoms with Crippen LogP contribution in [-0.4, -0.2) is 22.6 Å². The second-order valence-electron chi connectivity index (χ2n) is 5.20. The minimum atomic E-state index is -0.0129. The Labute approximate surface area is 123 Å². The zero-order valence-electron chi connectivity index (χ0n) is 12.3. The van der Waals surface area contributed by atoms with Crippen molar-refractivity contribution in [3.05, 3.63) is 30.2 Å². The van der Waals surface area contributed by atoms with Gasteiger partial charge in [-0.25, -0.2) is 0 Å². The van der Waals surface area contributed by atoms with Crippen molar-refractivity contribution in [1.29, 1.82) is 0 Å². The lowest BCUT2D eigenvalue weighted by atomic mass is 10.1. The molecule has 1 unspecified atom stereocenters. The number of hydrogen-bond acceptors (Lipinski definition) is 5. The van der Waals surface area contributed by atoms with Crippen LogP contribution in [0.25, 0.3) is 11.5 Å². The van der Waals surface area contributed by atoms with E-state index in [9.17, 15) is 4.79 Å². The van der Waals surface area contributed by atoms with Crippen molar-refractivity contribution < 1.29 is 9.21 Å². The van der Waals surface area contributed by atoms with E-state index < -0.39 is 0 Å². The number of nitrogens with one attached hydrogen (secondary N) is 1. The van der Waals surface area contributed by atoms with Gasteiger partial charge in [0.05, 0.1) is 0 Å². The van der Waals surface area contributed by atoms with E-state index in [4.69, 9.17) is 10.2 Å². The van der Waals surface area contributed by atoms with E-state index in [2.05, 4.69) is 15.5 Å². The molecule has 112 valence electrons. The molecule has 1 amide bonds. The number of nitrogens with zero attached hydrogens (tertiary/aromatic N) is 2. The third-order valence-corrected chi connectivity index (χ3v) is 3.39. The van der Waals surface area contributed by atoms with Crippen LogP contribution in [0.1, 0.15) is 25.3 Å². The predicted octanol–water partition coefficient (Wildman–Crippen LogP) is 2.36. The van der Waals surface area contributed by atoms with E-state index in [1.54, 1.807) is 0 Å². The van der Waals surface area contributed by atoms with E-state index >= 15 is 0 Å². The van der Waals surface area contributed by atoms with Crippen LogP contribution < -0.4 is 11.1 Å². The second-order valence-corrected chi connectivity index (χ2v) is 5.20. The smallest absolute Gasteiger partial charge is 0.247 e. The molecular weight excluding hydrogens is 268 g/mol. The number of aryl methyl sites for hydroxylation is 1. The summed E-state index contributed by atoms with van der Waals surface area (Å²) in [5.41, 5.74) is 8.08. The molecule has 0 aliphatic heterocycles. The number of benzene rings is 1. The fourth-order valence-corrected chi connectivity index (χ4v) is 1.90. The summed E-state index contributed by atoms with van der Waals surface area (Å²) in [5, 5.41) is 10.4. The van der Waals surface area contributed by atoms with Gasteiger partial charge in [-0.3, -0.25) is 4.79 Å². The molecule has 0 radical (unpaired) electrons. The summed E-state index contributed by atoms with van der Waals surface area (Å²) in [6.45, 7) is 4.57. The number of anilines is 1. The highest BCUT2D eigenvalue weighted by molar-refractivity contribution is 5.92. The minimum absolute atomic E-state index is 0.0129. The molecule has 0 bridgehead atoms. The van der Waals surface area contributed by atoms with Gasteiger partial charge in [-0.15, -0.1) is 10.2 Å². The number of nitrogens with two attached hydrogens (primary N) is 1. The summed E-state index contributed by atoms with van der Waals surface area (Å²) < 4.78 is 5.16. The molecule has 1 heterocycles. The van der Waals surface area contributed by atoms with Crippen molar-refractivity contribution in [2.24, 2.45) is 11.7 Å². The maximum atomic E-state index is 12.0. The first kappa shape index (κ1) is 15.2. The Morgan fingerprint density at radius 3 is 2.95 bits per heavy atom. The third-order valence-electron chi connectivity index (χ3n) is 3.39. The maximum Gasteiger partial charge on any atom is 0.247 e. The summed E-state index contributed by atoms with van der Waals surface area (Å²) in [7, 11) is 0. The van der Waals surface area contributed by atoms with Gasteiger partial charge in [0.2, 0.25) is 18.2 Å². The molecule has 0 aliphatic rings. The Hall–Kier alpha value is -2.21. The van der Waals surface area contributed by atoms with Gasteiger partial charge in [0.15, 0.2) is 0 Å². The minimum Gasteiger partial charge on any atom is -0.423 e. The van der Waals surface area contributed by atoms with Crippen molar-refractivity contribution in [2.75, 3.05) is 11.9 Å². The molecule has 2 rings (SSSR count). The topological polar surface area (TPSA) is 94.0 Å². The molecule has 2 aromatic rings. The molecule has 1 aromatic heterocycles. The molecular formula is C15H20N4O2. The number of carbonyl (C=O) groups excluding carboxylic acids is 1. The molecule has 0 spiro atoms. The summed E-state index contributed by atoms with van der Waals surface area (Å²) in [6.07, 6.45) is 2.52. The molecule has 6 nitrogen and oxygen atoms in total. The van der Waals surface area contributed by atoms with Crippen molar-refractivity contribution >= 4 is 11.6 Å². The van der Waals surface area contributed by atoms with Crippen LogP contribution in [0.15, 0.2) is 29.0 Å². The molecule has 0 fully saturated rings. The highest BCUT2D eigenvalue weighted by atomic mass is 16.4. The zero-order chi connectivity index (χ0) is 15.2. The summed E-state index contributed by atoms with van der Waals surface area (Å²) >= 11 is 0. The molecule has 21 heavy (non-hydrogen) atoms. The number of rotatable bonds is 6. The highest BCUT2D eigenvalue weighted by Crippen LogP contribution is 2.24. The fraction of sp³-hybridized carbons (Fsp3) is 0.400. The first-order valence-corrected chi connectivity index (χ1v) is 6.97. The molecule has 0 aliphatic carbocycles. The average Bonchev–Trinajstić information content (AvgIpc) is 3.01. The van der Waals surface area contributed by atoms with Crippen LogP contribution in [0, 0.1) is 12.8 Å². The number of hydrogen-bond donors (Lipinski definition) is 2. The van der Waals surface area contributed by atoms with Gasteiger partial charge in [-0.1, -0.05) is 13.0 Å². The third kappa shape index (κ3) is 4.13. The maximum absolute atomic E-state index is 12.0. The summed E-state index contributed by atoms with van der Waals surface area (Å²) in [4.78, 5) is 12.0. The van der Waals surface area contributed by atoms with Gasteiger partial charge >= 0.3 is 0 Å². The van der Waals surface area contributed by atoms with Crippen molar-refractivity contribution in [3.8, 4) is 11.5 Å². The zero-order valence-corrected chi connectivity index (χ0v) is 12.3. The largest absolute Gasteiger partial charge is 0.423 e. The molecule has 0 saturated carbocycles. The number of amides is 1. The number of aromatic nitrogens is 2. The molecule has 3 N–H and O–H groups in total. The second kappa shape index (κ2) is 6.99. The Morgan fingerprint density at radius 1 is 1.48 bits per heavy atom. The number of carbonyl (C=O) groups is 1. The lowest BCUT2D eigenvalue weighted by Gasteiger charge is -2.11. The van der Waals surface area contributed by atoms with E-state index in [0.29, 0.717) is 24.8 Å². The Bertz CT molecular complexity index is 596. The van der Waals surface area contributed by atoms with Crippen molar-refractivity contribution in [2.45, 2.75) is 26.7 Å². The lowest BCUT2D eigenvalue weighted by Crippen LogP contribution is -2.16. The predicted molar refractivity (Wildman–Crippen MR) is 80.6 cm³/mol. The van der Waals surface area contributed by atoms with Crippen LogP contribution >= 0.6 is 0 Å². The van der Waals surface area contributed by atoms with E-state index in [-0.39, 0.29) is 5.91 Å². The first-order chi connectivity index (χ1) is 10.1. The quantitative estimate of drug-likeness (QED) is 0.851. The van der Waals surface area contributed by atoms with Crippen molar-refractivity contribution in [3.63, 3.8) is 0 Å². The van der Waals surface area contributed by atoms with E-state index in [0.717, 1.165) is 23.2 Å². The lowest BCUT2D eigenvalue weighted by molar-refractivity contribution is -0.116. The SMILES string of the molecule is Cc1ccc(-c2nnco2)cc1NC(=O)CCC(C)CN. The Kier molecular flexibility index (Phi) is 5.05. The fourth-order valence-electron chi connectivity index (χ4n) is 1.90. The average molecular weight is 288 g/mol. The van der Waals surface area contributed by atoms with Gasteiger partial charge < -0.3 is 15.5 Å². The van der Waals surface area contributed by atoms with Crippen LogP contribution in [0.5, 0.6) is 0 Å². The van der Waals surface area contributed by atoms with Crippen LogP contribution in [0.2, 0.25) is 0 Å². The van der Waals surface area contributed by atoms with Gasteiger partial charge in [0.1, 0.15) is 0 Å². The van der Waals surface area contributed by atoms with Crippen LogP contribution in [-0.2, 0) is 4.79 Å². The van der Waals surface area contributed by atoms with Gasteiger partial charge in [-0.05, 0) is 43.5 Å².